The first-order valence-corrected chi connectivity index (χ1v) is 8.18. The first-order valence-electron chi connectivity index (χ1n) is 8.18. The Morgan fingerprint density at radius 2 is 2.07 bits per heavy atom. The Kier molecular flexibility index (Phi) is 9.07. The predicted octanol–water partition coefficient (Wildman–Crippen LogP) is 3.94. The standard InChI is InChI=1S/C18H24F2N4O3/c1-12(2)15(19)9-16(20)14(4)27-17(21-5)22-10-13(3)24-7-6-8-26-11-23-18(24)25/h9-10H,1,5-8,11H2,2-4H3,(H,23,25)/b13-10+,15-9+,16-14-,22-17+. The Balaban J connectivity index is 2.93. The fourth-order valence-electron chi connectivity index (χ4n) is 1.88. The molecule has 7 nitrogen and oxygen atoms in total. The highest BCUT2D eigenvalue weighted by Gasteiger charge is 2.16. The lowest BCUT2D eigenvalue weighted by molar-refractivity contribution is 0.0949. The SMILES string of the molecule is C=N/C(=N\C=C(/C)N1CCCOCNC1=O)O/C(C)=C(F)/C=C(/F)C(=C)C. The van der Waals surface area contributed by atoms with Crippen LogP contribution >= 0.6 is 0 Å². The molecule has 0 radical (unpaired) electrons. The minimum absolute atomic E-state index is 0.0872. The molecule has 1 aliphatic rings. The number of hydrogen-bond donors (Lipinski definition) is 1. The van der Waals surface area contributed by atoms with Crippen molar-refractivity contribution in [1.82, 2.24) is 10.2 Å². The van der Waals surface area contributed by atoms with Gasteiger partial charge in [0.1, 0.15) is 18.3 Å². The van der Waals surface area contributed by atoms with Crippen molar-refractivity contribution in [3.63, 3.8) is 0 Å². The van der Waals surface area contributed by atoms with E-state index in [1.165, 1.54) is 24.9 Å². The topological polar surface area (TPSA) is 75.5 Å². The summed E-state index contributed by atoms with van der Waals surface area (Å²) in [5, 5.41) is 2.59. The third kappa shape index (κ3) is 7.53. The van der Waals surface area contributed by atoms with E-state index in [1.54, 1.807) is 6.92 Å². The number of ether oxygens (including phenoxy) is 2. The number of carbonyl (C=O) groups excluding carboxylic acids is 1. The molecule has 1 saturated heterocycles. The normalized spacial score (nSPS) is 18.2. The molecule has 0 spiro atoms. The molecule has 9 heteroatoms. The minimum atomic E-state index is -0.935. The van der Waals surface area contributed by atoms with Crippen LogP contribution in [0.3, 0.4) is 0 Å². The number of nitrogens with zero attached hydrogens (tertiary/aromatic N) is 3. The number of amides is 2. The second kappa shape index (κ2) is 11.0. The number of nitrogens with one attached hydrogen (secondary N) is 1. The van der Waals surface area contributed by atoms with E-state index < -0.39 is 11.7 Å². The largest absolute Gasteiger partial charge is 0.426 e. The molecule has 0 saturated carbocycles. The number of urea groups is 1. The number of hydrogen-bond acceptors (Lipinski definition) is 4. The summed E-state index contributed by atoms with van der Waals surface area (Å²) in [6.45, 7) is 12.2. The van der Waals surface area contributed by atoms with Crippen molar-refractivity contribution in [3.05, 3.63) is 47.5 Å². The van der Waals surface area contributed by atoms with Gasteiger partial charge in [-0.15, -0.1) is 0 Å². The van der Waals surface area contributed by atoms with E-state index in [0.717, 1.165) is 0 Å². The van der Waals surface area contributed by atoms with Gasteiger partial charge in [-0.2, -0.15) is 0 Å². The second-order valence-corrected chi connectivity index (χ2v) is 5.66. The molecular weight excluding hydrogens is 358 g/mol. The van der Waals surface area contributed by atoms with Crippen molar-refractivity contribution in [2.75, 3.05) is 19.9 Å². The lowest BCUT2D eigenvalue weighted by Crippen LogP contribution is -2.42. The molecule has 0 aliphatic carbocycles. The van der Waals surface area contributed by atoms with Crippen molar-refractivity contribution in [2.24, 2.45) is 9.98 Å². The van der Waals surface area contributed by atoms with Gasteiger partial charge in [-0.05, 0) is 39.5 Å². The maximum Gasteiger partial charge on any atom is 0.323 e. The number of aliphatic imine (C=N–C) groups is 2. The Bertz CT molecular complexity index is 711. The summed E-state index contributed by atoms with van der Waals surface area (Å²) in [5.41, 5.74) is 0.610. The summed E-state index contributed by atoms with van der Waals surface area (Å²) in [5.74, 6) is -1.98. The molecule has 0 atom stereocenters. The van der Waals surface area contributed by atoms with Crippen molar-refractivity contribution >= 4 is 18.8 Å². The molecule has 1 N–H and O–H groups in total. The van der Waals surface area contributed by atoms with Gasteiger partial charge in [0.15, 0.2) is 5.83 Å². The van der Waals surface area contributed by atoms with Gasteiger partial charge in [-0.1, -0.05) is 6.58 Å². The van der Waals surface area contributed by atoms with Gasteiger partial charge in [0, 0.05) is 18.3 Å². The number of halogens is 2. The first-order chi connectivity index (χ1) is 12.8. The van der Waals surface area contributed by atoms with E-state index in [1.807, 2.05) is 0 Å². The third-order valence-electron chi connectivity index (χ3n) is 3.41. The van der Waals surface area contributed by atoms with Crippen LogP contribution in [0.4, 0.5) is 13.6 Å². The van der Waals surface area contributed by atoms with E-state index in [2.05, 4.69) is 28.6 Å². The predicted molar refractivity (Wildman–Crippen MR) is 100 cm³/mol. The summed E-state index contributed by atoms with van der Waals surface area (Å²) in [7, 11) is 0. The number of carbonyl (C=O) groups is 1. The third-order valence-corrected chi connectivity index (χ3v) is 3.41. The molecular formula is C18H24F2N4O3. The number of allylic oxidation sites excluding steroid dienone is 6. The molecule has 2 amide bonds. The Labute approximate surface area is 157 Å². The molecule has 0 bridgehead atoms. The molecule has 0 aromatic heterocycles. The van der Waals surface area contributed by atoms with Gasteiger partial charge in [0.25, 0.3) is 0 Å². The highest BCUT2D eigenvalue weighted by molar-refractivity contribution is 5.80. The molecule has 0 aromatic rings. The van der Waals surface area contributed by atoms with Crippen LogP contribution < -0.4 is 5.32 Å². The molecule has 1 fully saturated rings. The van der Waals surface area contributed by atoms with Gasteiger partial charge in [0.05, 0.1) is 12.8 Å². The molecule has 1 heterocycles. The van der Waals surface area contributed by atoms with Crippen LogP contribution in [0.1, 0.15) is 27.2 Å². The summed E-state index contributed by atoms with van der Waals surface area (Å²) in [6, 6.07) is -0.572. The van der Waals surface area contributed by atoms with Gasteiger partial charge in [-0.3, -0.25) is 4.90 Å². The number of amidine groups is 1. The molecule has 148 valence electrons. The summed E-state index contributed by atoms with van der Waals surface area (Å²) >= 11 is 0. The summed E-state index contributed by atoms with van der Waals surface area (Å²) < 4.78 is 37.7. The molecule has 0 aromatic carbocycles. The molecule has 0 unspecified atom stereocenters. The van der Waals surface area contributed by atoms with Crippen molar-refractivity contribution < 1.29 is 23.0 Å². The highest BCUT2D eigenvalue weighted by atomic mass is 19.1. The molecule has 27 heavy (non-hydrogen) atoms. The lowest BCUT2D eigenvalue weighted by Gasteiger charge is -2.25. The van der Waals surface area contributed by atoms with Gasteiger partial charge < -0.3 is 14.8 Å². The van der Waals surface area contributed by atoms with Crippen molar-refractivity contribution in [1.29, 1.82) is 0 Å². The fraction of sp³-hybridized carbons (Fsp3) is 0.389. The van der Waals surface area contributed by atoms with Crippen molar-refractivity contribution in [3.8, 4) is 0 Å². The van der Waals surface area contributed by atoms with Gasteiger partial charge in [-0.25, -0.2) is 23.6 Å². The minimum Gasteiger partial charge on any atom is -0.426 e. The van der Waals surface area contributed by atoms with Gasteiger partial charge in [0.2, 0.25) is 0 Å². The first kappa shape index (κ1) is 22.2. The summed E-state index contributed by atoms with van der Waals surface area (Å²) in [6.07, 6.45) is 2.67. The number of rotatable bonds is 5. The molecule has 1 aliphatic heterocycles. The van der Waals surface area contributed by atoms with Crippen LogP contribution in [0.15, 0.2) is 57.5 Å². The van der Waals surface area contributed by atoms with Crippen LogP contribution in [0.25, 0.3) is 0 Å². The summed E-state index contributed by atoms with van der Waals surface area (Å²) in [4.78, 5) is 21.0. The zero-order chi connectivity index (χ0) is 20.4. The average Bonchev–Trinajstić information content (AvgIpc) is 2.61. The second-order valence-electron chi connectivity index (χ2n) is 5.66. The van der Waals surface area contributed by atoms with Crippen LogP contribution in [-0.4, -0.2) is 43.6 Å². The monoisotopic (exact) mass is 382 g/mol. The van der Waals surface area contributed by atoms with E-state index in [4.69, 9.17) is 9.47 Å². The average molecular weight is 382 g/mol. The van der Waals surface area contributed by atoms with E-state index >= 15 is 0 Å². The molecule has 1 rings (SSSR count). The smallest absolute Gasteiger partial charge is 0.323 e. The van der Waals surface area contributed by atoms with Crippen LogP contribution in [0.5, 0.6) is 0 Å². The van der Waals surface area contributed by atoms with Crippen LogP contribution in [0, 0.1) is 0 Å². The van der Waals surface area contributed by atoms with Crippen LogP contribution in [-0.2, 0) is 9.47 Å². The maximum atomic E-state index is 13.9. The van der Waals surface area contributed by atoms with E-state index in [0.29, 0.717) is 31.3 Å². The maximum absolute atomic E-state index is 13.9. The zero-order valence-electron chi connectivity index (χ0n) is 15.7. The van der Waals surface area contributed by atoms with E-state index in [-0.39, 0.29) is 30.1 Å². The lowest BCUT2D eigenvalue weighted by atomic mass is 10.2. The van der Waals surface area contributed by atoms with Crippen LogP contribution in [0.2, 0.25) is 0 Å². The Morgan fingerprint density at radius 3 is 2.70 bits per heavy atom. The fourth-order valence-corrected chi connectivity index (χ4v) is 1.88. The highest BCUT2D eigenvalue weighted by Crippen LogP contribution is 2.17. The van der Waals surface area contributed by atoms with E-state index in [9.17, 15) is 13.6 Å². The quantitative estimate of drug-likeness (QED) is 0.339. The zero-order valence-corrected chi connectivity index (χ0v) is 15.7. The van der Waals surface area contributed by atoms with Gasteiger partial charge >= 0.3 is 12.1 Å². The Hall–Kier alpha value is -2.81. The Morgan fingerprint density at radius 1 is 1.37 bits per heavy atom. The van der Waals surface area contributed by atoms with Crippen molar-refractivity contribution in [2.45, 2.75) is 27.2 Å².